The summed E-state index contributed by atoms with van der Waals surface area (Å²) in [5.41, 5.74) is 1.94. The van der Waals surface area contributed by atoms with Crippen LogP contribution in [0.1, 0.15) is 30.4 Å². The number of carbonyl (C=O) groups is 3. The lowest BCUT2D eigenvalue weighted by atomic mass is 9.82. The van der Waals surface area contributed by atoms with E-state index in [9.17, 15) is 14.4 Å². The fourth-order valence-electron chi connectivity index (χ4n) is 2.39. The molecule has 0 unspecified atom stereocenters. The van der Waals surface area contributed by atoms with Gasteiger partial charge in [0.1, 0.15) is 5.92 Å². The first-order chi connectivity index (χ1) is 8.58. The molecular weight excluding hydrogens is 228 g/mol. The number of benzene rings is 1. The van der Waals surface area contributed by atoms with Crippen molar-refractivity contribution in [1.82, 2.24) is 0 Å². The lowest BCUT2D eigenvalue weighted by molar-refractivity contribution is -0.141. The maximum absolute atomic E-state index is 12.1. The molecule has 0 saturated heterocycles. The van der Waals surface area contributed by atoms with E-state index in [0.29, 0.717) is 19.3 Å². The number of Topliss-reactive ketones (excluding diaryl/α,β-unsaturated/α-hetero) is 3. The Morgan fingerprint density at radius 2 is 1.89 bits per heavy atom. The van der Waals surface area contributed by atoms with Gasteiger partial charge in [0.05, 0.1) is 0 Å². The highest BCUT2D eigenvalue weighted by atomic mass is 16.2. The largest absolute Gasteiger partial charge is 0.298 e. The molecule has 1 aromatic carbocycles. The van der Waals surface area contributed by atoms with Crippen molar-refractivity contribution in [3.05, 3.63) is 35.4 Å². The zero-order chi connectivity index (χ0) is 13.1. The number of hydrogen-bond acceptors (Lipinski definition) is 3. The molecule has 1 aromatic rings. The third-order valence-electron chi connectivity index (χ3n) is 3.27. The van der Waals surface area contributed by atoms with Crippen molar-refractivity contribution in [2.45, 2.75) is 32.6 Å². The van der Waals surface area contributed by atoms with Crippen molar-refractivity contribution < 1.29 is 14.4 Å². The zero-order valence-electron chi connectivity index (χ0n) is 10.4. The van der Waals surface area contributed by atoms with Crippen LogP contribution in [0.25, 0.3) is 0 Å². The van der Waals surface area contributed by atoms with Crippen LogP contribution in [-0.2, 0) is 20.8 Å². The van der Waals surface area contributed by atoms with Gasteiger partial charge in [0.25, 0.3) is 0 Å². The maximum atomic E-state index is 12.1. The third-order valence-corrected chi connectivity index (χ3v) is 3.27. The third kappa shape index (κ3) is 2.73. The summed E-state index contributed by atoms with van der Waals surface area (Å²) in [5.74, 6) is -1.66. The monoisotopic (exact) mass is 244 g/mol. The van der Waals surface area contributed by atoms with E-state index in [4.69, 9.17) is 0 Å². The lowest BCUT2D eigenvalue weighted by Crippen LogP contribution is -2.36. The summed E-state index contributed by atoms with van der Waals surface area (Å²) in [6.45, 7) is 1.95. The van der Waals surface area contributed by atoms with E-state index < -0.39 is 5.92 Å². The highest BCUT2D eigenvalue weighted by Gasteiger charge is 2.35. The Kier molecular flexibility index (Phi) is 3.70. The van der Waals surface area contributed by atoms with Crippen LogP contribution < -0.4 is 0 Å². The quantitative estimate of drug-likeness (QED) is 0.764. The smallest absolute Gasteiger partial charge is 0.155 e. The van der Waals surface area contributed by atoms with Crippen molar-refractivity contribution in [2.75, 3.05) is 0 Å². The Bertz CT molecular complexity index is 486. The molecule has 0 aromatic heterocycles. The average Bonchev–Trinajstić information content (AvgIpc) is 2.28. The Morgan fingerprint density at radius 1 is 1.22 bits per heavy atom. The fourth-order valence-corrected chi connectivity index (χ4v) is 2.39. The summed E-state index contributed by atoms with van der Waals surface area (Å²) in [4.78, 5) is 35.4. The number of rotatable bonds is 3. The molecule has 0 spiro atoms. The summed E-state index contributed by atoms with van der Waals surface area (Å²) in [7, 11) is 0. The summed E-state index contributed by atoms with van der Waals surface area (Å²) in [6.07, 6.45) is 1.47. The molecule has 94 valence electrons. The lowest BCUT2D eigenvalue weighted by Gasteiger charge is -2.18. The number of hydrogen-bond donors (Lipinski definition) is 0. The molecule has 0 heterocycles. The molecule has 0 radical (unpaired) electrons. The fraction of sp³-hybridized carbons (Fsp3) is 0.400. The maximum Gasteiger partial charge on any atom is 0.155 e. The minimum atomic E-state index is -1.00. The van der Waals surface area contributed by atoms with E-state index in [1.807, 2.05) is 31.2 Å². The minimum absolute atomic E-state index is 0.170. The van der Waals surface area contributed by atoms with Gasteiger partial charge in [0, 0.05) is 19.3 Å². The van der Waals surface area contributed by atoms with Gasteiger partial charge in [-0.1, -0.05) is 29.8 Å². The van der Waals surface area contributed by atoms with Crippen LogP contribution in [0.15, 0.2) is 24.3 Å². The minimum Gasteiger partial charge on any atom is -0.298 e. The first kappa shape index (κ1) is 12.7. The van der Waals surface area contributed by atoms with Crippen molar-refractivity contribution in [2.24, 2.45) is 5.92 Å². The van der Waals surface area contributed by atoms with E-state index in [0.717, 1.165) is 11.1 Å². The van der Waals surface area contributed by atoms with Gasteiger partial charge in [-0.15, -0.1) is 0 Å². The van der Waals surface area contributed by atoms with E-state index in [2.05, 4.69) is 0 Å². The van der Waals surface area contributed by atoms with Gasteiger partial charge in [-0.25, -0.2) is 0 Å². The molecule has 1 saturated carbocycles. The van der Waals surface area contributed by atoms with Crippen LogP contribution in [0.3, 0.4) is 0 Å². The predicted molar refractivity (Wildman–Crippen MR) is 67.2 cm³/mol. The Balaban J connectivity index is 2.12. The van der Waals surface area contributed by atoms with E-state index in [1.54, 1.807) is 0 Å². The van der Waals surface area contributed by atoms with Crippen LogP contribution in [0.4, 0.5) is 0 Å². The Labute approximate surface area is 106 Å². The molecule has 1 aliphatic carbocycles. The normalized spacial score (nSPS) is 16.9. The standard InChI is InChI=1S/C15H16O3/c1-10-4-2-5-11(8-10)9-14(18)15-12(16)6-3-7-13(15)17/h2,4-5,8,15H,3,6-7,9H2,1H3. The second-order valence-electron chi connectivity index (χ2n) is 4.85. The first-order valence-electron chi connectivity index (χ1n) is 6.21. The Hall–Kier alpha value is -1.77. The van der Waals surface area contributed by atoms with Crippen molar-refractivity contribution in [3.63, 3.8) is 0 Å². The molecule has 2 rings (SSSR count). The van der Waals surface area contributed by atoms with Crippen LogP contribution >= 0.6 is 0 Å². The van der Waals surface area contributed by atoms with Gasteiger partial charge in [0.15, 0.2) is 17.3 Å². The van der Waals surface area contributed by atoms with Gasteiger partial charge in [-0.05, 0) is 18.9 Å². The highest BCUT2D eigenvalue weighted by Crippen LogP contribution is 2.20. The number of carbonyl (C=O) groups excluding carboxylic acids is 3. The van der Waals surface area contributed by atoms with Crippen molar-refractivity contribution >= 4 is 17.3 Å². The molecule has 3 heteroatoms. The van der Waals surface area contributed by atoms with Gasteiger partial charge in [0.2, 0.25) is 0 Å². The molecule has 1 fully saturated rings. The molecule has 0 atom stereocenters. The van der Waals surface area contributed by atoms with Crippen molar-refractivity contribution in [1.29, 1.82) is 0 Å². The van der Waals surface area contributed by atoms with Crippen LogP contribution in [0.5, 0.6) is 0 Å². The molecular formula is C15H16O3. The molecule has 0 aliphatic heterocycles. The summed E-state index contributed by atoms with van der Waals surface area (Å²) in [5, 5.41) is 0. The topological polar surface area (TPSA) is 51.2 Å². The SMILES string of the molecule is Cc1cccc(CC(=O)C2C(=O)CCCC2=O)c1. The van der Waals surface area contributed by atoms with Gasteiger partial charge >= 0.3 is 0 Å². The second kappa shape index (κ2) is 5.25. The average molecular weight is 244 g/mol. The summed E-state index contributed by atoms with van der Waals surface area (Å²) >= 11 is 0. The molecule has 0 N–H and O–H groups in total. The van der Waals surface area contributed by atoms with Gasteiger partial charge < -0.3 is 0 Å². The second-order valence-corrected chi connectivity index (χ2v) is 4.85. The molecule has 0 bridgehead atoms. The predicted octanol–water partition coefficient (Wildman–Crippen LogP) is 2.04. The van der Waals surface area contributed by atoms with Gasteiger partial charge in [-0.3, -0.25) is 14.4 Å². The molecule has 0 amide bonds. The van der Waals surface area contributed by atoms with Crippen LogP contribution in [0, 0.1) is 12.8 Å². The number of aryl methyl sites for hydroxylation is 1. The van der Waals surface area contributed by atoms with Crippen molar-refractivity contribution in [3.8, 4) is 0 Å². The first-order valence-corrected chi connectivity index (χ1v) is 6.21. The zero-order valence-corrected chi connectivity index (χ0v) is 10.4. The number of ketones is 3. The van der Waals surface area contributed by atoms with E-state index in [1.165, 1.54) is 0 Å². The van der Waals surface area contributed by atoms with Gasteiger partial charge in [-0.2, -0.15) is 0 Å². The molecule has 1 aliphatic rings. The molecule has 3 nitrogen and oxygen atoms in total. The summed E-state index contributed by atoms with van der Waals surface area (Å²) < 4.78 is 0. The molecule has 18 heavy (non-hydrogen) atoms. The van der Waals surface area contributed by atoms with Crippen LogP contribution in [0.2, 0.25) is 0 Å². The summed E-state index contributed by atoms with van der Waals surface area (Å²) in [6, 6.07) is 7.59. The Morgan fingerprint density at radius 3 is 2.50 bits per heavy atom. The highest BCUT2D eigenvalue weighted by molar-refractivity contribution is 6.20. The van der Waals surface area contributed by atoms with E-state index >= 15 is 0 Å². The van der Waals surface area contributed by atoms with E-state index in [-0.39, 0.29) is 23.8 Å². The van der Waals surface area contributed by atoms with Crippen LogP contribution in [-0.4, -0.2) is 17.3 Å².